The number of nitro benzene ring substituents is 1. The Morgan fingerprint density at radius 3 is 2.68 bits per heavy atom. The van der Waals surface area contributed by atoms with Crippen molar-refractivity contribution < 1.29 is 9.72 Å². The Bertz CT molecular complexity index is 557. The van der Waals surface area contributed by atoms with Crippen molar-refractivity contribution in [1.82, 2.24) is 15.5 Å². The third-order valence-electron chi connectivity index (χ3n) is 2.79. The first-order valence-corrected chi connectivity index (χ1v) is 6.89. The Morgan fingerprint density at radius 1 is 1.36 bits per heavy atom. The molecule has 1 aromatic rings. The van der Waals surface area contributed by atoms with Gasteiger partial charge < -0.3 is 15.5 Å². The monoisotopic (exact) mass is 307 g/mol. The topological polar surface area (TPSA) is 99.9 Å². The summed E-state index contributed by atoms with van der Waals surface area (Å²) in [6.45, 7) is 2.98. The van der Waals surface area contributed by atoms with Gasteiger partial charge in [0, 0.05) is 32.8 Å². The molecule has 0 aromatic heterocycles. The van der Waals surface area contributed by atoms with Gasteiger partial charge in [0.05, 0.1) is 18.0 Å². The fourth-order valence-electron chi connectivity index (χ4n) is 1.60. The normalized spacial score (nSPS) is 11.0. The largest absolute Gasteiger partial charge is 0.357 e. The van der Waals surface area contributed by atoms with Crippen LogP contribution in [0.15, 0.2) is 29.3 Å². The van der Waals surface area contributed by atoms with E-state index in [1.54, 1.807) is 26.2 Å². The number of non-ortho nitro benzene ring substituents is 1. The van der Waals surface area contributed by atoms with E-state index in [4.69, 9.17) is 0 Å². The first kappa shape index (κ1) is 17.4. The van der Waals surface area contributed by atoms with Gasteiger partial charge in [0.15, 0.2) is 5.96 Å². The first-order valence-electron chi connectivity index (χ1n) is 6.89. The summed E-state index contributed by atoms with van der Waals surface area (Å²) in [5, 5.41) is 16.7. The molecule has 120 valence electrons. The van der Waals surface area contributed by atoms with Crippen LogP contribution in [-0.4, -0.2) is 48.9 Å². The van der Waals surface area contributed by atoms with Gasteiger partial charge in [0.2, 0.25) is 5.91 Å². The van der Waals surface area contributed by atoms with E-state index < -0.39 is 4.92 Å². The zero-order valence-electron chi connectivity index (χ0n) is 13.0. The lowest BCUT2D eigenvalue weighted by Crippen LogP contribution is -2.42. The zero-order chi connectivity index (χ0) is 16.5. The number of hydrogen-bond acceptors (Lipinski definition) is 4. The van der Waals surface area contributed by atoms with Gasteiger partial charge in [-0.05, 0) is 12.5 Å². The van der Waals surface area contributed by atoms with E-state index in [0.29, 0.717) is 12.5 Å². The molecule has 0 saturated carbocycles. The molecule has 0 atom stereocenters. The predicted octanol–water partition coefficient (Wildman–Crippen LogP) is 0.738. The van der Waals surface area contributed by atoms with Crippen LogP contribution in [0.5, 0.6) is 0 Å². The first-order chi connectivity index (χ1) is 10.4. The molecule has 22 heavy (non-hydrogen) atoms. The molecular weight excluding hydrogens is 286 g/mol. The second-order valence-electron chi connectivity index (χ2n) is 4.76. The number of likely N-dealkylation sites (N-methyl/N-ethyl adjacent to an activating group) is 1. The minimum atomic E-state index is -0.438. The molecular formula is C14H21N5O3. The summed E-state index contributed by atoms with van der Waals surface area (Å²) >= 11 is 0. The standard InChI is InChI=1S/C14H21N5O3/c1-4-15-14(17-10-13(20)18(2)3)16-9-11-6-5-7-12(8-11)19(21)22/h5-8H,4,9-10H2,1-3H3,(H2,15,16,17). The van der Waals surface area contributed by atoms with E-state index in [1.165, 1.54) is 17.0 Å². The molecule has 0 aliphatic rings. The van der Waals surface area contributed by atoms with E-state index in [9.17, 15) is 14.9 Å². The lowest BCUT2D eigenvalue weighted by Gasteiger charge is -2.14. The Labute approximate surface area is 129 Å². The third-order valence-corrected chi connectivity index (χ3v) is 2.79. The third kappa shape index (κ3) is 5.78. The van der Waals surface area contributed by atoms with Crippen molar-refractivity contribution in [3.8, 4) is 0 Å². The minimum Gasteiger partial charge on any atom is -0.357 e. The van der Waals surface area contributed by atoms with Gasteiger partial charge in [0.1, 0.15) is 0 Å². The van der Waals surface area contributed by atoms with Crippen LogP contribution in [0, 0.1) is 10.1 Å². The highest BCUT2D eigenvalue weighted by atomic mass is 16.6. The Hall–Kier alpha value is -2.64. The molecule has 1 aromatic carbocycles. The number of nitrogens with zero attached hydrogens (tertiary/aromatic N) is 3. The highest BCUT2D eigenvalue weighted by Gasteiger charge is 2.07. The number of rotatable bonds is 6. The Morgan fingerprint density at radius 2 is 2.09 bits per heavy atom. The number of hydrogen-bond donors (Lipinski definition) is 2. The summed E-state index contributed by atoms with van der Waals surface area (Å²) in [6.07, 6.45) is 0. The number of nitrogens with one attached hydrogen (secondary N) is 2. The van der Waals surface area contributed by atoms with Gasteiger partial charge in [-0.3, -0.25) is 14.9 Å². The fraction of sp³-hybridized carbons (Fsp3) is 0.429. The molecule has 0 bridgehead atoms. The van der Waals surface area contributed by atoms with Crippen molar-refractivity contribution in [2.45, 2.75) is 13.5 Å². The maximum atomic E-state index is 11.6. The van der Waals surface area contributed by atoms with Crippen molar-refractivity contribution in [3.05, 3.63) is 39.9 Å². The molecule has 0 aliphatic heterocycles. The number of guanidine groups is 1. The summed E-state index contributed by atoms with van der Waals surface area (Å²) in [5.74, 6) is 0.421. The Balaban J connectivity index is 2.71. The van der Waals surface area contributed by atoms with E-state index in [-0.39, 0.29) is 24.7 Å². The summed E-state index contributed by atoms with van der Waals surface area (Å²) in [4.78, 5) is 27.7. The molecule has 8 heteroatoms. The summed E-state index contributed by atoms with van der Waals surface area (Å²) < 4.78 is 0. The van der Waals surface area contributed by atoms with Gasteiger partial charge in [0.25, 0.3) is 5.69 Å². The van der Waals surface area contributed by atoms with Gasteiger partial charge in [-0.25, -0.2) is 4.99 Å². The molecule has 0 saturated heterocycles. The van der Waals surface area contributed by atoms with Crippen molar-refractivity contribution in [3.63, 3.8) is 0 Å². The lowest BCUT2D eigenvalue weighted by atomic mass is 10.2. The van der Waals surface area contributed by atoms with Crippen molar-refractivity contribution in [1.29, 1.82) is 0 Å². The number of carbonyl (C=O) groups excluding carboxylic acids is 1. The summed E-state index contributed by atoms with van der Waals surface area (Å²) in [6, 6.07) is 6.31. The average molecular weight is 307 g/mol. The second-order valence-corrected chi connectivity index (χ2v) is 4.76. The molecule has 2 N–H and O–H groups in total. The SMILES string of the molecule is CCNC(=NCc1cccc([N+](=O)[O-])c1)NCC(=O)N(C)C. The smallest absolute Gasteiger partial charge is 0.269 e. The van der Waals surface area contributed by atoms with Crippen molar-refractivity contribution >= 4 is 17.6 Å². The minimum absolute atomic E-state index is 0.0356. The van der Waals surface area contributed by atoms with Crippen molar-refractivity contribution in [2.75, 3.05) is 27.2 Å². The molecule has 0 heterocycles. The maximum Gasteiger partial charge on any atom is 0.269 e. The van der Waals surface area contributed by atoms with Crippen LogP contribution in [-0.2, 0) is 11.3 Å². The van der Waals surface area contributed by atoms with Crippen molar-refractivity contribution in [2.24, 2.45) is 4.99 Å². The highest BCUT2D eigenvalue weighted by molar-refractivity contribution is 5.86. The van der Waals surface area contributed by atoms with Crippen LogP contribution >= 0.6 is 0 Å². The van der Waals surface area contributed by atoms with E-state index >= 15 is 0 Å². The zero-order valence-corrected chi connectivity index (χ0v) is 13.0. The molecule has 0 fully saturated rings. The molecule has 0 aliphatic carbocycles. The van der Waals surface area contributed by atoms with E-state index in [2.05, 4.69) is 15.6 Å². The summed E-state index contributed by atoms with van der Waals surface area (Å²) in [7, 11) is 3.36. The second kappa shape index (κ2) is 8.60. The Kier molecular flexibility index (Phi) is 6.81. The number of benzene rings is 1. The lowest BCUT2D eigenvalue weighted by molar-refractivity contribution is -0.384. The number of nitro groups is 1. The molecule has 1 amide bonds. The van der Waals surface area contributed by atoms with Crippen LogP contribution in [0.25, 0.3) is 0 Å². The van der Waals surface area contributed by atoms with Gasteiger partial charge in [-0.1, -0.05) is 12.1 Å². The molecule has 0 spiro atoms. The maximum absolute atomic E-state index is 11.6. The average Bonchev–Trinajstić information content (AvgIpc) is 2.49. The summed E-state index contributed by atoms with van der Waals surface area (Å²) in [5.41, 5.74) is 0.763. The predicted molar refractivity (Wildman–Crippen MR) is 84.6 cm³/mol. The van der Waals surface area contributed by atoms with Crippen LogP contribution in [0.4, 0.5) is 5.69 Å². The van der Waals surface area contributed by atoms with Crippen LogP contribution < -0.4 is 10.6 Å². The van der Waals surface area contributed by atoms with Gasteiger partial charge in [-0.15, -0.1) is 0 Å². The van der Waals surface area contributed by atoms with Gasteiger partial charge >= 0.3 is 0 Å². The van der Waals surface area contributed by atoms with E-state index in [1.807, 2.05) is 6.92 Å². The van der Waals surface area contributed by atoms with Crippen LogP contribution in [0.3, 0.4) is 0 Å². The van der Waals surface area contributed by atoms with Crippen LogP contribution in [0.1, 0.15) is 12.5 Å². The molecule has 8 nitrogen and oxygen atoms in total. The number of aliphatic imine (C=N–C) groups is 1. The number of amides is 1. The quantitative estimate of drug-likeness (QED) is 0.349. The molecule has 1 rings (SSSR count). The van der Waals surface area contributed by atoms with Crippen LogP contribution in [0.2, 0.25) is 0 Å². The highest BCUT2D eigenvalue weighted by Crippen LogP contribution is 2.13. The molecule has 0 unspecified atom stereocenters. The van der Waals surface area contributed by atoms with Gasteiger partial charge in [-0.2, -0.15) is 0 Å². The van der Waals surface area contributed by atoms with E-state index in [0.717, 1.165) is 5.56 Å². The number of carbonyl (C=O) groups is 1. The molecule has 0 radical (unpaired) electrons. The fourth-order valence-corrected chi connectivity index (χ4v) is 1.60.